The fraction of sp³-hybridized carbons (Fsp3) is 0.423. The van der Waals surface area contributed by atoms with E-state index in [0.29, 0.717) is 0 Å². The number of aliphatic carboxylic acids is 1. The predicted octanol–water partition coefficient (Wildman–Crippen LogP) is 2.93. The van der Waals surface area contributed by atoms with E-state index in [1.54, 1.807) is 32.8 Å². The Balaban J connectivity index is 1.63. The van der Waals surface area contributed by atoms with Gasteiger partial charge in [0.05, 0.1) is 5.92 Å². The number of carboxylic acids is 1. The number of carboxylic acid groups (broad SMARTS) is 1. The molecule has 3 rings (SSSR count). The molecule has 0 saturated carbocycles. The highest BCUT2D eigenvalue weighted by molar-refractivity contribution is 5.86. The third-order valence-electron chi connectivity index (χ3n) is 6.12. The molecule has 2 aromatic carbocycles. The quantitative estimate of drug-likeness (QED) is 0.496. The van der Waals surface area contributed by atoms with Crippen molar-refractivity contribution in [2.75, 3.05) is 33.8 Å². The number of carbonyl (C=O) groups is 3. The molecule has 2 unspecified atom stereocenters. The van der Waals surface area contributed by atoms with Crippen LogP contribution in [0.5, 0.6) is 0 Å². The smallest absolute Gasteiger partial charge is 0.407 e. The first-order valence-corrected chi connectivity index (χ1v) is 11.5. The van der Waals surface area contributed by atoms with Gasteiger partial charge >= 0.3 is 12.1 Å². The number of hydrogen-bond donors (Lipinski definition) is 3. The summed E-state index contributed by atoms with van der Waals surface area (Å²) in [7, 11) is 3.57. The molecule has 1 aliphatic rings. The molecule has 0 spiro atoms. The molecule has 0 radical (unpaired) electrons. The lowest BCUT2D eigenvalue weighted by Crippen LogP contribution is -2.53. The molecule has 0 aromatic heterocycles. The van der Waals surface area contributed by atoms with Crippen molar-refractivity contribution in [1.29, 1.82) is 0 Å². The van der Waals surface area contributed by atoms with Gasteiger partial charge < -0.3 is 25.4 Å². The number of ether oxygens (including phenoxy) is 1. The maximum Gasteiger partial charge on any atom is 0.407 e. The lowest BCUT2D eigenvalue weighted by molar-refractivity contribution is -0.143. The van der Waals surface area contributed by atoms with E-state index >= 15 is 0 Å². The van der Waals surface area contributed by atoms with Crippen LogP contribution in [0.3, 0.4) is 0 Å². The fourth-order valence-electron chi connectivity index (χ4n) is 4.28. The minimum absolute atomic E-state index is 0.0118. The van der Waals surface area contributed by atoms with Crippen molar-refractivity contribution in [3.05, 3.63) is 59.7 Å². The summed E-state index contributed by atoms with van der Waals surface area (Å²) in [6, 6.07) is 15.2. The molecule has 0 heterocycles. The molecule has 8 heteroatoms. The van der Waals surface area contributed by atoms with Gasteiger partial charge in [0.15, 0.2) is 0 Å². The number of fused-ring (bicyclic) bond motifs is 3. The number of benzene rings is 2. The first-order valence-electron chi connectivity index (χ1n) is 11.5. The summed E-state index contributed by atoms with van der Waals surface area (Å²) >= 11 is 0. The van der Waals surface area contributed by atoms with Crippen LogP contribution in [-0.2, 0) is 14.3 Å². The van der Waals surface area contributed by atoms with Crippen molar-refractivity contribution < 1.29 is 24.2 Å². The van der Waals surface area contributed by atoms with Crippen LogP contribution in [0.1, 0.15) is 30.9 Å². The molecule has 0 fully saturated rings. The van der Waals surface area contributed by atoms with Crippen molar-refractivity contribution in [1.82, 2.24) is 15.5 Å². The molecule has 2 aromatic rings. The zero-order valence-electron chi connectivity index (χ0n) is 20.1. The van der Waals surface area contributed by atoms with Gasteiger partial charge in [-0.3, -0.25) is 9.59 Å². The Bertz CT molecular complexity index is 991. The Kier molecular flexibility index (Phi) is 8.28. The van der Waals surface area contributed by atoms with Crippen molar-refractivity contribution in [2.24, 2.45) is 11.8 Å². The number of nitrogens with zero attached hydrogens (tertiary/aromatic N) is 1. The van der Waals surface area contributed by atoms with Gasteiger partial charge in [-0.05, 0) is 42.3 Å². The monoisotopic (exact) mass is 467 g/mol. The molecule has 2 amide bonds. The van der Waals surface area contributed by atoms with E-state index in [1.807, 2.05) is 36.4 Å². The fourth-order valence-corrected chi connectivity index (χ4v) is 4.28. The average Bonchev–Trinajstić information content (AvgIpc) is 3.10. The van der Waals surface area contributed by atoms with E-state index in [4.69, 9.17) is 4.74 Å². The zero-order valence-corrected chi connectivity index (χ0v) is 20.1. The van der Waals surface area contributed by atoms with Gasteiger partial charge in [-0.25, -0.2) is 4.79 Å². The Morgan fingerprint density at radius 2 is 1.56 bits per heavy atom. The van der Waals surface area contributed by atoms with E-state index < -0.39 is 29.9 Å². The molecular weight excluding hydrogens is 434 g/mol. The lowest BCUT2D eigenvalue weighted by atomic mass is 9.96. The summed E-state index contributed by atoms with van der Waals surface area (Å²) in [5.41, 5.74) is 4.48. The van der Waals surface area contributed by atoms with Gasteiger partial charge in [0, 0.05) is 19.0 Å². The molecule has 0 bridgehead atoms. The summed E-state index contributed by atoms with van der Waals surface area (Å²) in [5, 5.41) is 14.7. The minimum Gasteiger partial charge on any atom is -0.481 e. The second-order valence-electron chi connectivity index (χ2n) is 9.22. The lowest BCUT2D eigenvalue weighted by Gasteiger charge is -2.24. The van der Waals surface area contributed by atoms with Crippen molar-refractivity contribution >= 4 is 18.0 Å². The number of rotatable bonds is 10. The Hall–Kier alpha value is -3.39. The molecule has 2 atom stereocenters. The maximum atomic E-state index is 12.8. The van der Waals surface area contributed by atoms with Crippen LogP contribution < -0.4 is 10.6 Å². The maximum absolute atomic E-state index is 12.8. The number of alkyl carbamates (subject to hydrolysis) is 1. The topological polar surface area (TPSA) is 108 Å². The van der Waals surface area contributed by atoms with Crippen LogP contribution in [0.15, 0.2) is 48.5 Å². The normalized spacial score (nSPS) is 14.3. The summed E-state index contributed by atoms with van der Waals surface area (Å²) in [5.74, 6) is -2.35. The van der Waals surface area contributed by atoms with E-state index in [0.717, 1.165) is 22.3 Å². The SMILES string of the molecule is CC(C)C(CNC(=O)C(CN(C)C)NC(=O)OCC1c2ccccc2-c2ccccc21)C(=O)O. The molecule has 3 N–H and O–H groups in total. The van der Waals surface area contributed by atoms with Crippen LogP contribution in [0.2, 0.25) is 0 Å². The average molecular weight is 468 g/mol. The van der Waals surface area contributed by atoms with Crippen LogP contribution in [0.25, 0.3) is 11.1 Å². The second kappa shape index (κ2) is 11.2. The van der Waals surface area contributed by atoms with Crippen molar-refractivity contribution in [2.45, 2.75) is 25.8 Å². The Morgan fingerprint density at radius 3 is 2.06 bits per heavy atom. The molecular formula is C26H33N3O5. The number of hydrogen-bond acceptors (Lipinski definition) is 5. The van der Waals surface area contributed by atoms with Gasteiger partial charge in [-0.15, -0.1) is 0 Å². The first kappa shape index (κ1) is 25.2. The van der Waals surface area contributed by atoms with E-state index in [1.165, 1.54) is 0 Å². The van der Waals surface area contributed by atoms with Gasteiger partial charge in [0.1, 0.15) is 12.6 Å². The second-order valence-corrected chi connectivity index (χ2v) is 9.22. The van der Waals surface area contributed by atoms with Gasteiger partial charge in [-0.1, -0.05) is 62.4 Å². The molecule has 0 saturated heterocycles. The molecule has 1 aliphatic carbocycles. The Labute approximate surface area is 200 Å². The standard InChI is InChI=1S/C26H33N3O5/c1-16(2)21(25(31)32)13-27-24(30)23(14-29(3)4)28-26(33)34-15-22-19-11-7-5-9-17(19)18-10-6-8-12-20(18)22/h5-12,16,21-23H,13-15H2,1-4H3,(H,27,30)(H,28,33)(H,31,32). The summed E-state index contributed by atoms with van der Waals surface area (Å²) in [4.78, 5) is 38.6. The van der Waals surface area contributed by atoms with Crippen molar-refractivity contribution in [3.63, 3.8) is 0 Å². The van der Waals surface area contributed by atoms with Gasteiger partial charge in [0.2, 0.25) is 5.91 Å². The third kappa shape index (κ3) is 5.94. The van der Waals surface area contributed by atoms with E-state index in [-0.39, 0.29) is 31.5 Å². The van der Waals surface area contributed by atoms with Gasteiger partial charge in [0.25, 0.3) is 0 Å². The van der Waals surface area contributed by atoms with Crippen LogP contribution in [-0.4, -0.2) is 67.8 Å². The highest BCUT2D eigenvalue weighted by atomic mass is 16.5. The molecule has 34 heavy (non-hydrogen) atoms. The number of nitrogens with one attached hydrogen (secondary N) is 2. The van der Waals surface area contributed by atoms with Crippen LogP contribution in [0.4, 0.5) is 4.79 Å². The number of amides is 2. The molecule has 182 valence electrons. The highest BCUT2D eigenvalue weighted by Crippen LogP contribution is 2.44. The number of likely N-dealkylation sites (N-methyl/N-ethyl adjacent to an activating group) is 1. The largest absolute Gasteiger partial charge is 0.481 e. The summed E-state index contributed by atoms with van der Waals surface area (Å²) in [6.07, 6.45) is -0.692. The van der Waals surface area contributed by atoms with Gasteiger partial charge in [-0.2, -0.15) is 0 Å². The van der Waals surface area contributed by atoms with E-state index in [2.05, 4.69) is 22.8 Å². The minimum atomic E-state index is -0.969. The van der Waals surface area contributed by atoms with E-state index in [9.17, 15) is 19.5 Å². The van der Waals surface area contributed by atoms with Crippen molar-refractivity contribution in [3.8, 4) is 11.1 Å². The van der Waals surface area contributed by atoms with Crippen LogP contribution in [0, 0.1) is 11.8 Å². The Morgan fingerprint density at radius 1 is 1.00 bits per heavy atom. The molecule has 8 nitrogen and oxygen atoms in total. The zero-order chi connectivity index (χ0) is 24.8. The summed E-state index contributed by atoms with van der Waals surface area (Å²) < 4.78 is 5.56. The number of carbonyl (C=O) groups excluding carboxylic acids is 2. The first-order chi connectivity index (χ1) is 16.2. The summed E-state index contributed by atoms with van der Waals surface area (Å²) in [6.45, 7) is 3.95. The molecule has 0 aliphatic heterocycles. The van der Waals surface area contributed by atoms with Crippen LogP contribution >= 0.6 is 0 Å². The highest BCUT2D eigenvalue weighted by Gasteiger charge is 2.30. The third-order valence-corrected chi connectivity index (χ3v) is 6.12. The predicted molar refractivity (Wildman–Crippen MR) is 130 cm³/mol.